The SMILES string of the molecule is C1CON(N2C(N3NCCO3)=C(N3CCNN3)C(N3NCCS3)N2N2CCCS2)C1. The van der Waals surface area contributed by atoms with E-state index in [0.717, 1.165) is 81.7 Å². The van der Waals surface area contributed by atoms with Crippen LogP contribution in [0.15, 0.2) is 11.5 Å². The van der Waals surface area contributed by atoms with E-state index in [0.29, 0.717) is 6.61 Å². The molecule has 4 N–H and O–H groups in total. The number of nitrogens with zero attached hydrogens (tertiary/aromatic N) is 7. The second-order valence-corrected chi connectivity index (χ2v) is 9.66. The lowest BCUT2D eigenvalue weighted by Crippen LogP contribution is -2.61. The summed E-state index contributed by atoms with van der Waals surface area (Å²) in [7, 11) is 0. The van der Waals surface area contributed by atoms with Crippen molar-refractivity contribution < 1.29 is 9.68 Å². The van der Waals surface area contributed by atoms with Gasteiger partial charge >= 0.3 is 0 Å². The van der Waals surface area contributed by atoms with Crippen molar-refractivity contribution in [1.82, 2.24) is 56.2 Å². The summed E-state index contributed by atoms with van der Waals surface area (Å²) >= 11 is 3.69. The van der Waals surface area contributed by atoms with Crippen LogP contribution in [0.25, 0.3) is 0 Å². The maximum atomic E-state index is 6.08. The van der Waals surface area contributed by atoms with Gasteiger partial charge < -0.3 is 0 Å². The van der Waals surface area contributed by atoms with Crippen LogP contribution in [0.5, 0.6) is 0 Å². The van der Waals surface area contributed by atoms with Crippen molar-refractivity contribution in [3.05, 3.63) is 11.5 Å². The summed E-state index contributed by atoms with van der Waals surface area (Å²) in [5, 5.41) is 10.5. The smallest absolute Gasteiger partial charge is 0.205 e. The van der Waals surface area contributed by atoms with Gasteiger partial charge in [0.05, 0.1) is 13.2 Å². The second-order valence-electron chi connectivity index (χ2n) is 7.51. The lowest BCUT2D eigenvalue weighted by atomic mass is 10.3. The molecule has 0 aromatic rings. The molecule has 5 fully saturated rings. The van der Waals surface area contributed by atoms with Crippen LogP contribution in [0.4, 0.5) is 0 Å². The molecule has 6 aliphatic rings. The first-order valence-corrected chi connectivity index (χ1v) is 12.5. The van der Waals surface area contributed by atoms with Gasteiger partial charge in [0.15, 0.2) is 6.17 Å². The highest BCUT2D eigenvalue weighted by Gasteiger charge is 2.54. The van der Waals surface area contributed by atoms with E-state index in [1.54, 1.807) is 0 Å². The van der Waals surface area contributed by atoms with Gasteiger partial charge in [-0.1, -0.05) is 34.2 Å². The van der Waals surface area contributed by atoms with E-state index >= 15 is 0 Å². The van der Waals surface area contributed by atoms with Crippen molar-refractivity contribution in [2.45, 2.75) is 19.0 Å². The molecule has 13 nitrogen and oxygen atoms in total. The Bertz CT molecular complexity index is 598. The molecule has 0 radical (unpaired) electrons. The summed E-state index contributed by atoms with van der Waals surface area (Å²) in [6.45, 7) is 6.64. The van der Waals surface area contributed by atoms with Crippen LogP contribution in [-0.4, -0.2) is 105 Å². The standard InChI is InChI=1S/C15H29N11O2S2/c1-6-21(27-9-1)25-14(23-17-4-10-28-23)13(20-8-3-16-19-20)15(24-18-5-12-30-24)26(25)22-7-2-11-29-22/h15-19H,1-12H2. The van der Waals surface area contributed by atoms with Gasteiger partial charge in [0, 0.05) is 50.8 Å². The molecule has 6 aliphatic heterocycles. The lowest BCUT2D eigenvalue weighted by Gasteiger charge is -2.44. The first kappa shape index (κ1) is 20.1. The van der Waals surface area contributed by atoms with Gasteiger partial charge in [-0.15, -0.1) is 0 Å². The minimum absolute atomic E-state index is 0.0688. The van der Waals surface area contributed by atoms with Crippen LogP contribution in [0.3, 0.4) is 0 Å². The highest BCUT2D eigenvalue weighted by atomic mass is 32.2. The average Bonchev–Trinajstić information content (AvgIpc) is 3.61. The van der Waals surface area contributed by atoms with E-state index in [2.05, 4.69) is 45.9 Å². The number of nitrogens with one attached hydrogen (secondary N) is 4. The van der Waals surface area contributed by atoms with Crippen LogP contribution in [0, 0.1) is 0 Å². The molecule has 0 amide bonds. The van der Waals surface area contributed by atoms with Gasteiger partial charge in [0.1, 0.15) is 5.70 Å². The largest absolute Gasteiger partial charge is 0.291 e. The summed E-state index contributed by atoms with van der Waals surface area (Å²) in [4.78, 5) is 12.1. The van der Waals surface area contributed by atoms with E-state index < -0.39 is 0 Å². The molecule has 0 aliphatic carbocycles. The van der Waals surface area contributed by atoms with E-state index in [1.807, 2.05) is 34.2 Å². The maximum Gasteiger partial charge on any atom is 0.205 e. The Labute approximate surface area is 184 Å². The Morgan fingerprint density at radius 1 is 0.900 bits per heavy atom. The fourth-order valence-electron chi connectivity index (χ4n) is 4.31. The van der Waals surface area contributed by atoms with Crippen molar-refractivity contribution in [2.75, 3.05) is 64.0 Å². The molecule has 6 rings (SSSR count). The van der Waals surface area contributed by atoms with Gasteiger partial charge in [-0.3, -0.25) is 14.7 Å². The van der Waals surface area contributed by atoms with Crippen molar-refractivity contribution in [2.24, 2.45) is 0 Å². The molecular weight excluding hydrogens is 430 g/mol. The molecule has 0 aromatic carbocycles. The summed E-state index contributed by atoms with van der Waals surface area (Å²) in [5.41, 5.74) is 14.7. The number of hydrazine groups is 7. The molecule has 5 saturated heterocycles. The van der Waals surface area contributed by atoms with Crippen LogP contribution in [0.2, 0.25) is 0 Å². The summed E-state index contributed by atoms with van der Waals surface area (Å²) < 4.78 is 4.62. The minimum atomic E-state index is -0.0688. The molecule has 30 heavy (non-hydrogen) atoms. The van der Waals surface area contributed by atoms with Gasteiger partial charge in [-0.2, -0.15) is 24.7 Å². The predicted molar refractivity (Wildman–Crippen MR) is 111 cm³/mol. The Balaban J connectivity index is 1.47. The van der Waals surface area contributed by atoms with Crippen molar-refractivity contribution in [1.29, 1.82) is 0 Å². The molecule has 1 unspecified atom stereocenters. The zero-order valence-electron chi connectivity index (χ0n) is 16.8. The van der Waals surface area contributed by atoms with Gasteiger partial charge in [-0.25, -0.2) is 16.3 Å². The third kappa shape index (κ3) is 3.46. The highest BCUT2D eigenvalue weighted by Crippen LogP contribution is 2.43. The van der Waals surface area contributed by atoms with Crippen LogP contribution < -0.4 is 21.8 Å². The quantitative estimate of drug-likeness (QED) is 0.355. The van der Waals surface area contributed by atoms with Gasteiger partial charge in [0.2, 0.25) is 5.82 Å². The van der Waals surface area contributed by atoms with Crippen molar-refractivity contribution in [3.63, 3.8) is 0 Å². The second kappa shape index (κ2) is 8.76. The maximum absolute atomic E-state index is 6.08. The Morgan fingerprint density at radius 3 is 2.57 bits per heavy atom. The van der Waals surface area contributed by atoms with E-state index in [9.17, 15) is 0 Å². The van der Waals surface area contributed by atoms with Crippen LogP contribution in [-0.2, 0) is 9.68 Å². The molecule has 0 aromatic heterocycles. The predicted octanol–water partition coefficient (Wildman–Crippen LogP) is -1.62. The highest BCUT2D eigenvalue weighted by molar-refractivity contribution is 7.97. The minimum Gasteiger partial charge on any atom is -0.291 e. The Hall–Kier alpha value is -0.560. The van der Waals surface area contributed by atoms with Crippen LogP contribution in [0.1, 0.15) is 12.8 Å². The molecule has 0 spiro atoms. The molecular formula is C15H29N11O2S2. The van der Waals surface area contributed by atoms with E-state index in [4.69, 9.17) is 9.68 Å². The van der Waals surface area contributed by atoms with Crippen molar-refractivity contribution in [3.8, 4) is 0 Å². The van der Waals surface area contributed by atoms with E-state index in [-0.39, 0.29) is 6.17 Å². The first-order valence-electron chi connectivity index (χ1n) is 10.6. The van der Waals surface area contributed by atoms with Crippen LogP contribution >= 0.6 is 23.9 Å². The molecule has 0 bridgehead atoms. The van der Waals surface area contributed by atoms with Gasteiger partial charge in [0.25, 0.3) is 0 Å². The fourth-order valence-corrected chi connectivity index (χ4v) is 6.20. The molecule has 0 saturated carbocycles. The molecule has 15 heteroatoms. The van der Waals surface area contributed by atoms with Gasteiger partial charge in [-0.05, 0) is 12.8 Å². The zero-order chi connectivity index (χ0) is 19.9. The third-order valence-electron chi connectivity index (χ3n) is 5.54. The number of hydroxylamine groups is 2. The molecule has 6 heterocycles. The van der Waals surface area contributed by atoms with E-state index in [1.165, 1.54) is 0 Å². The average molecular weight is 460 g/mol. The topological polar surface area (TPSA) is 89.3 Å². The summed E-state index contributed by atoms with van der Waals surface area (Å²) in [6.07, 6.45) is 2.09. The molecule has 168 valence electrons. The molecule has 1 atom stereocenters. The number of rotatable bonds is 5. The first-order chi connectivity index (χ1) is 14.9. The van der Waals surface area contributed by atoms with Crippen molar-refractivity contribution >= 4 is 23.9 Å². The Kier molecular flexibility index (Phi) is 5.86. The monoisotopic (exact) mass is 459 g/mol. The third-order valence-corrected chi connectivity index (χ3v) is 7.65. The zero-order valence-corrected chi connectivity index (χ0v) is 18.5. The summed E-state index contributed by atoms with van der Waals surface area (Å²) in [5.74, 6) is 3.09. The lowest BCUT2D eigenvalue weighted by molar-refractivity contribution is -0.359. The number of hydrogen-bond donors (Lipinski definition) is 4. The summed E-state index contributed by atoms with van der Waals surface area (Å²) in [6, 6.07) is 0. The number of hydrogen-bond acceptors (Lipinski definition) is 15. The Morgan fingerprint density at radius 2 is 1.90 bits per heavy atom. The normalized spacial score (nSPS) is 32.8. The fraction of sp³-hybridized carbons (Fsp3) is 0.867.